The second-order valence-corrected chi connectivity index (χ2v) is 3.33. The molecule has 0 radical (unpaired) electrons. The van der Waals surface area contributed by atoms with Gasteiger partial charge in [0.1, 0.15) is 0 Å². The molecule has 76 valence electrons. The first-order chi connectivity index (χ1) is 6.68. The molecule has 14 heavy (non-hydrogen) atoms. The Labute approximate surface area is 85.3 Å². The molecule has 0 unspecified atom stereocenters. The van der Waals surface area contributed by atoms with Crippen LogP contribution in [0.15, 0.2) is 12.1 Å². The van der Waals surface area contributed by atoms with Crippen LogP contribution in [0.4, 0.5) is 0 Å². The first kappa shape index (κ1) is 10.8. The third-order valence-electron chi connectivity index (χ3n) is 2.18. The van der Waals surface area contributed by atoms with Crippen molar-refractivity contribution in [2.45, 2.75) is 34.6 Å². The van der Waals surface area contributed by atoms with Crippen LogP contribution in [0.5, 0.6) is 0 Å². The summed E-state index contributed by atoms with van der Waals surface area (Å²) in [6.07, 6.45) is 0. The molecule has 0 aliphatic heterocycles. The zero-order valence-corrected chi connectivity index (χ0v) is 9.60. The fourth-order valence-corrected chi connectivity index (χ4v) is 1.59. The minimum Gasteiger partial charge on any atom is -0.282 e. The van der Waals surface area contributed by atoms with Gasteiger partial charge in [-0.15, -0.1) is 0 Å². The zero-order valence-electron chi connectivity index (χ0n) is 9.60. The molecule has 0 aliphatic rings. The molecule has 0 atom stereocenters. The van der Waals surface area contributed by atoms with Crippen molar-refractivity contribution in [2.75, 3.05) is 0 Å². The van der Waals surface area contributed by atoms with Crippen molar-refractivity contribution < 1.29 is 0 Å². The average molecular weight is 190 g/mol. The Kier molecular flexibility index (Phi) is 3.28. The van der Waals surface area contributed by atoms with E-state index < -0.39 is 0 Å². The van der Waals surface area contributed by atoms with Gasteiger partial charge in [0.05, 0.1) is 5.52 Å². The third kappa shape index (κ3) is 1.79. The van der Waals surface area contributed by atoms with E-state index in [0.717, 1.165) is 11.2 Å². The van der Waals surface area contributed by atoms with Crippen LogP contribution in [0.25, 0.3) is 10.9 Å². The normalized spacial score (nSPS) is 9.79. The van der Waals surface area contributed by atoms with Gasteiger partial charge < -0.3 is 0 Å². The largest absolute Gasteiger partial charge is 0.282 e. The third-order valence-corrected chi connectivity index (χ3v) is 2.18. The van der Waals surface area contributed by atoms with Crippen molar-refractivity contribution in [2.24, 2.45) is 0 Å². The van der Waals surface area contributed by atoms with Gasteiger partial charge >= 0.3 is 0 Å². The van der Waals surface area contributed by atoms with Gasteiger partial charge in [0, 0.05) is 11.1 Å². The van der Waals surface area contributed by atoms with E-state index >= 15 is 0 Å². The van der Waals surface area contributed by atoms with E-state index in [-0.39, 0.29) is 0 Å². The number of aromatic amines is 1. The first-order valence-corrected chi connectivity index (χ1v) is 5.10. The predicted octanol–water partition coefficient (Wildman–Crippen LogP) is 3.51. The summed E-state index contributed by atoms with van der Waals surface area (Å²) < 4.78 is 0. The Bertz CT molecular complexity index is 427. The molecule has 1 aromatic heterocycles. The van der Waals surface area contributed by atoms with Crippen molar-refractivity contribution in [1.29, 1.82) is 0 Å². The van der Waals surface area contributed by atoms with Crippen LogP contribution in [0.3, 0.4) is 0 Å². The minimum atomic E-state index is 1.10. The standard InChI is InChI=1S/C10H12N2.C2H6/c1-6-4-7(2)10-9(5-6)8(3)11-12-10;1-2/h4-5H,1-3H3,(H,11,12);1-2H3. The minimum absolute atomic E-state index is 1.10. The average Bonchev–Trinajstić information content (AvgIpc) is 2.52. The molecule has 0 saturated heterocycles. The maximum absolute atomic E-state index is 4.23. The lowest BCUT2D eigenvalue weighted by molar-refractivity contribution is 1.06. The lowest BCUT2D eigenvalue weighted by atomic mass is 10.1. The Balaban J connectivity index is 0.000000461. The second-order valence-electron chi connectivity index (χ2n) is 3.33. The van der Waals surface area contributed by atoms with Crippen LogP contribution < -0.4 is 0 Å². The van der Waals surface area contributed by atoms with Crippen molar-refractivity contribution in [3.8, 4) is 0 Å². The summed E-state index contributed by atoms with van der Waals surface area (Å²) in [5.74, 6) is 0. The molecule has 1 heterocycles. The molecule has 0 aliphatic carbocycles. The highest BCUT2D eigenvalue weighted by Crippen LogP contribution is 2.20. The maximum atomic E-state index is 4.23. The van der Waals surface area contributed by atoms with E-state index in [9.17, 15) is 0 Å². The van der Waals surface area contributed by atoms with Gasteiger partial charge in [-0.2, -0.15) is 5.10 Å². The summed E-state index contributed by atoms with van der Waals surface area (Å²) in [5.41, 5.74) is 4.79. The summed E-state index contributed by atoms with van der Waals surface area (Å²) in [6.45, 7) is 10.3. The summed E-state index contributed by atoms with van der Waals surface area (Å²) in [7, 11) is 0. The molecule has 0 saturated carbocycles. The van der Waals surface area contributed by atoms with Gasteiger partial charge in [0.25, 0.3) is 0 Å². The molecule has 0 spiro atoms. The zero-order chi connectivity index (χ0) is 10.7. The molecule has 1 N–H and O–H groups in total. The predicted molar refractivity (Wildman–Crippen MR) is 61.7 cm³/mol. The molecule has 1 aromatic carbocycles. The van der Waals surface area contributed by atoms with Gasteiger partial charge in [0.15, 0.2) is 0 Å². The number of fused-ring (bicyclic) bond motifs is 1. The van der Waals surface area contributed by atoms with Crippen LogP contribution in [-0.2, 0) is 0 Å². The lowest BCUT2D eigenvalue weighted by Gasteiger charge is -1.97. The molecule has 0 bridgehead atoms. The Morgan fingerprint density at radius 2 is 1.71 bits per heavy atom. The second kappa shape index (κ2) is 4.27. The Morgan fingerprint density at radius 3 is 2.36 bits per heavy atom. The van der Waals surface area contributed by atoms with Gasteiger partial charge in [-0.1, -0.05) is 25.5 Å². The van der Waals surface area contributed by atoms with Crippen LogP contribution >= 0.6 is 0 Å². The summed E-state index contributed by atoms with van der Waals surface area (Å²) in [5, 5.41) is 8.47. The van der Waals surface area contributed by atoms with Crippen LogP contribution in [0, 0.1) is 20.8 Å². The van der Waals surface area contributed by atoms with E-state index in [2.05, 4.69) is 36.2 Å². The lowest BCUT2D eigenvalue weighted by Crippen LogP contribution is -1.79. The van der Waals surface area contributed by atoms with E-state index in [4.69, 9.17) is 0 Å². The summed E-state index contributed by atoms with van der Waals surface area (Å²) in [4.78, 5) is 0. The van der Waals surface area contributed by atoms with Crippen molar-refractivity contribution in [1.82, 2.24) is 10.2 Å². The van der Waals surface area contributed by atoms with Gasteiger partial charge in [-0.25, -0.2) is 0 Å². The van der Waals surface area contributed by atoms with Gasteiger partial charge in [-0.05, 0) is 32.4 Å². The molecule has 0 fully saturated rings. The number of rotatable bonds is 0. The SMILES string of the molecule is CC.Cc1cc(C)c2n[nH]c(C)c2c1. The number of hydrogen-bond acceptors (Lipinski definition) is 1. The van der Waals surface area contributed by atoms with E-state index in [0.29, 0.717) is 0 Å². The topological polar surface area (TPSA) is 28.7 Å². The van der Waals surface area contributed by atoms with Crippen LogP contribution in [0.2, 0.25) is 0 Å². The number of aryl methyl sites for hydroxylation is 3. The smallest absolute Gasteiger partial charge is 0.0952 e. The van der Waals surface area contributed by atoms with Gasteiger partial charge in [-0.3, -0.25) is 5.10 Å². The number of benzene rings is 1. The molecular weight excluding hydrogens is 172 g/mol. The quantitative estimate of drug-likeness (QED) is 0.676. The number of aromatic nitrogens is 2. The van der Waals surface area contributed by atoms with E-state index in [1.807, 2.05) is 20.8 Å². The van der Waals surface area contributed by atoms with E-state index in [1.165, 1.54) is 16.5 Å². The Hall–Kier alpha value is -1.31. The molecule has 2 heteroatoms. The molecule has 2 nitrogen and oxygen atoms in total. The number of nitrogens with one attached hydrogen (secondary N) is 1. The monoisotopic (exact) mass is 190 g/mol. The van der Waals surface area contributed by atoms with Crippen molar-refractivity contribution >= 4 is 10.9 Å². The number of nitrogens with zero attached hydrogens (tertiary/aromatic N) is 1. The highest BCUT2D eigenvalue weighted by Gasteiger charge is 2.03. The highest BCUT2D eigenvalue weighted by atomic mass is 15.1. The first-order valence-electron chi connectivity index (χ1n) is 5.10. The fourth-order valence-electron chi connectivity index (χ4n) is 1.59. The number of hydrogen-bond donors (Lipinski definition) is 1. The fraction of sp³-hybridized carbons (Fsp3) is 0.417. The van der Waals surface area contributed by atoms with Crippen molar-refractivity contribution in [3.63, 3.8) is 0 Å². The summed E-state index contributed by atoms with van der Waals surface area (Å²) >= 11 is 0. The van der Waals surface area contributed by atoms with Crippen molar-refractivity contribution in [3.05, 3.63) is 29.0 Å². The highest BCUT2D eigenvalue weighted by molar-refractivity contribution is 5.84. The molecule has 2 rings (SSSR count). The van der Waals surface area contributed by atoms with Crippen LogP contribution in [-0.4, -0.2) is 10.2 Å². The summed E-state index contributed by atoms with van der Waals surface area (Å²) in [6, 6.07) is 4.32. The molecular formula is C12H18N2. The number of H-pyrrole nitrogens is 1. The van der Waals surface area contributed by atoms with E-state index in [1.54, 1.807) is 0 Å². The van der Waals surface area contributed by atoms with Crippen LogP contribution in [0.1, 0.15) is 30.7 Å². The maximum Gasteiger partial charge on any atom is 0.0952 e. The molecule has 2 aromatic rings. The Morgan fingerprint density at radius 1 is 1.07 bits per heavy atom. The molecule has 0 amide bonds. The van der Waals surface area contributed by atoms with Gasteiger partial charge in [0.2, 0.25) is 0 Å².